The fraction of sp³-hybridized carbons (Fsp3) is 0.611. The number of anilines is 2. The summed E-state index contributed by atoms with van der Waals surface area (Å²) >= 11 is 0. The minimum Gasteiger partial charge on any atom is -0.378 e. The quantitative estimate of drug-likeness (QED) is 0.779. The van der Waals surface area contributed by atoms with Gasteiger partial charge in [0.05, 0.1) is 36.7 Å². The van der Waals surface area contributed by atoms with Crippen molar-refractivity contribution in [3.8, 4) is 0 Å². The smallest absolute Gasteiger partial charge is 0.378 e. The minimum absolute atomic E-state index is 0. The van der Waals surface area contributed by atoms with Crippen LogP contribution in [0.15, 0.2) is 18.2 Å². The first kappa shape index (κ1) is 22.7. The van der Waals surface area contributed by atoms with E-state index in [0.29, 0.717) is 32.0 Å². The average Bonchev–Trinajstić information content (AvgIpc) is 2.63. The predicted molar refractivity (Wildman–Crippen MR) is 104 cm³/mol. The highest BCUT2D eigenvalue weighted by Gasteiger charge is 2.32. The number of halogens is 4. The van der Waals surface area contributed by atoms with Gasteiger partial charge in [-0.15, -0.1) is 12.4 Å². The second kappa shape index (κ2) is 9.78. The molecule has 0 radical (unpaired) electrons. The SMILES string of the molecule is C[C@H]1CNCCN1CC(=O)Nc1cc(C(F)(F)F)ccc1N1CCOCC1.Cl. The van der Waals surface area contributed by atoms with E-state index in [2.05, 4.69) is 10.6 Å². The van der Waals surface area contributed by atoms with Crippen LogP contribution in [0.2, 0.25) is 0 Å². The van der Waals surface area contributed by atoms with Crippen molar-refractivity contribution in [1.82, 2.24) is 10.2 Å². The highest BCUT2D eigenvalue weighted by Crippen LogP contribution is 2.35. The summed E-state index contributed by atoms with van der Waals surface area (Å²) < 4.78 is 44.7. The Balaban J connectivity index is 0.00000280. The number of carbonyl (C=O) groups is 1. The summed E-state index contributed by atoms with van der Waals surface area (Å²) in [7, 11) is 0. The van der Waals surface area contributed by atoms with E-state index < -0.39 is 11.7 Å². The first-order chi connectivity index (χ1) is 12.8. The zero-order valence-corrected chi connectivity index (χ0v) is 16.5. The largest absolute Gasteiger partial charge is 0.416 e. The molecule has 10 heteroatoms. The van der Waals surface area contributed by atoms with E-state index in [0.717, 1.165) is 31.8 Å². The van der Waals surface area contributed by atoms with Gasteiger partial charge in [-0.25, -0.2) is 0 Å². The molecule has 2 aliphatic heterocycles. The van der Waals surface area contributed by atoms with Crippen LogP contribution in [0.25, 0.3) is 0 Å². The summed E-state index contributed by atoms with van der Waals surface area (Å²) in [5.74, 6) is -0.308. The molecule has 3 rings (SSSR count). The Morgan fingerprint density at radius 2 is 2.00 bits per heavy atom. The van der Waals surface area contributed by atoms with Crippen molar-refractivity contribution < 1.29 is 22.7 Å². The monoisotopic (exact) mass is 422 g/mol. The lowest BCUT2D eigenvalue weighted by atomic mass is 10.1. The molecule has 6 nitrogen and oxygen atoms in total. The van der Waals surface area contributed by atoms with Crippen LogP contribution in [0.3, 0.4) is 0 Å². The lowest BCUT2D eigenvalue weighted by Gasteiger charge is -2.34. The number of amides is 1. The molecule has 1 aromatic rings. The standard InChI is InChI=1S/C18H25F3N4O2.ClH/c1-13-11-22-4-5-25(13)12-17(26)23-15-10-14(18(19,20)21)2-3-16(15)24-6-8-27-9-7-24;/h2-3,10,13,22H,4-9,11-12H2,1H3,(H,23,26);1H/t13-;/m0./s1. The number of nitrogens with zero attached hydrogens (tertiary/aromatic N) is 2. The Labute approximate surface area is 168 Å². The molecular weight excluding hydrogens is 397 g/mol. The first-order valence-corrected chi connectivity index (χ1v) is 9.13. The van der Waals surface area contributed by atoms with Gasteiger partial charge >= 0.3 is 6.18 Å². The van der Waals surface area contributed by atoms with Gasteiger partial charge in [-0.2, -0.15) is 13.2 Å². The molecule has 0 aromatic heterocycles. The molecule has 0 spiro atoms. The number of morpholine rings is 1. The molecule has 0 aliphatic carbocycles. The zero-order chi connectivity index (χ0) is 19.4. The number of piperazine rings is 1. The molecule has 1 aromatic carbocycles. The predicted octanol–water partition coefficient (Wildman–Crippen LogP) is 2.20. The average molecular weight is 423 g/mol. The molecule has 2 saturated heterocycles. The number of hydrogen-bond acceptors (Lipinski definition) is 5. The van der Waals surface area contributed by atoms with Gasteiger partial charge in [0, 0.05) is 38.8 Å². The van der Waals surface area contributed by atoms with E-state index in [1.54, 1.807) is 0 Å². The summed E-state index contributed by atoms with van der Waals surface area (Å²) in [6.45, 7) is 6.64. The molecule has 158 valence electrons. The molecule has 2 heterocycles. The van der Waals surface area contributed by atoms with Gasteiger partial charge < -0.3 is 20.3 Å². The Bertz CT molecular complexity index is 669. The summed E-state index contributed by atoms with van der Waals surface area (Å²) in [6.07, 6.45) is -4.46. The number of rotatable bonds is 4. The molecule has 2 aliphatic rings. The van der Waals surface area contributed by atoms with E-state index in [4.69, 9.17) is 4.74 Å². The maximum atomic E-state index is 13.1. The molecule has 1 amide bonds. The summed E-state index contributed by atoms with van der Waals surface area (Å²) in [5.41, 5.74) is 0.0119. The maximum absolute atomic E-state index is 13.1. The second-order valence-electron chi connectivity index (χ2n) is 6.90. The Morgan fingerprint density at radius 1 is 1.29 bits per heavy atom. The molecular formula is C18H26ClF3N4O2. The van der Waals surface area contributed by atoms with Crippen molar-refractivity contribution in [2.75, 3.05) is 62.7 Å². The minimum atomic E-state index is -4.46. The van der Waals surface area contributed by atoms with Gasteiger partial charge in [0.25, 0.3) is 0 Å². The first-order valence-electron chi connectivity index (χ1n) is 9.13. The van der Waals surface area contributed by atoms with Gasteiger partial charge in [0.1, 0.15) is 0 Å². The van der Waals surface area contributed by atoms with Crippen LogP contribution in [-0.4, -0.2) is 69.3 Å². The van der Waals surface area contributed by atoms with Gasteiger partial charge in [-0.3, -0.25) is 9.69 Å². The maximum Gasteiger partial charge on any atom is 0.416 e. The third-order valence-corrected chi connectivity index (χ3v) is 4.94. The molecule has 1 atom stereocenters. The Kier molecular flexibility index (Phi) is 7.94. The number of carbonyl (C=O) groups excluding carboxylic acids is 1. The van der Waals surface area contributed by atoms with Crippen molar-refractivity contribution in [2.24, 2.45) is 0 Å². The van der Waals surface area contributed by atoms with Crippen LogP contribution in [0.4, 0.5) is 24.5 Å². The van der Waals surface area contributed by atoms with Crippen LogP contribution in [0, 0.1) is 0 Å². The summed E-state index contributed by atoms with van der Waals surface area (Å²) in [4.78, 5) is 16.5. The van der Waals surface area contributed by atoms with E-state index in [-0.39, 0.29) is 36.6 Å². The zero-order valence-electron chi connectivity index (χ0n) is 15.7. The summed E-state index contributed by atoms with van der Waals surface area (Å²) in [6, 6.07) is 3.70. The third-order valence-electron chi connectivity index (χ3n) is 4.94. The van der Waals surface area contributed by atoms with E-state index in [9.17, 15) is 18.0 Å². The van der Waals surface area contributed by atoms with Crippen LogP contribution < -0.4 is 15.5 Å². The number of hydrogen-bond donors (Lipinski definition) is 2. The van der Waals surface area contributed by atoms with Crippen LogP contribution in [-0.2, 0) is 15.7 Å². The van der Waals surface area contributed by atoms with Gasteiger partial charge in [-0.1, -0.05) is 0 Å². The second-order valence-corrected chi connectivity index (χ2v) is 6.90. The fourth-order valence-corrected chi connectivity index (χ4v) is 3.38. The van der Waals surface area contributed by atoms with E-state index in [1.807, 2.05) is 16.7 Å². The van der Waals surface area contributed by atoms with E-state index in [1.165, 1.54) is 6.07 Å². The number of nitrogens with one attached hydrogen (secondary N) is 2. The molecule has 0 unspecified atom stereocenters. The van der Waals surface area contributed by atoms with Crippen molar-refractivity contribution in [3.05, 3.63) is 23.8 Å². The van der Waals surface area contributed by atoms with E-state index >= 15 is 0 Å². The summed E-state index contributed by atoms with van der Waals surface area (Å²) in [5, 5.41) is 5.95. The molecule has 0 saturated carbocycles. The molecule has 28 heavy (non-hydrogen) atoms. The van der Waals surface area contributed by atoms with Gasteiger partial charge in [-0.05, 0) is 25.1 Å². The Hall–Kier alpha value is -1.55. The fourth-order valence-electron chi connectivity index (χ4n) is 3.38. The van der Waals surface area contributed by atoms with Gasteiger partial charge in [0.2, 0.25) is 5.91 Å². The number of ether oxygens (including phenoxy) is 1. The number of alkyl halides is 3. The van der Waals surface area contributed by atoms with Crippen molar-refractivity contribution in [1.29, 1.82) is 0 Å². The van der Waals surface area contributed by atoms with Crippen LogP contribution in [0.1, 0.15) is 12.5 Å². The van der Waals surface area contributed by atoms with Gasteiger partial charge in [0.15, 0.2) is 0 Å². The topological polar surface area (TPSA) is 56.8 Å². The normalized spacial score (nSPS) is 21.1. The lowest BCUT2D eigenvalue weighted by molar-refractivity contribution is -0.137. The lowest BCUT2D eigenvalue weighted by Crippen LogP contribution is -2.52. The van der Waals surface area contributed by atoms with Crippen molar-refractivity contribution >= 4 is 29.7 Å². The van der Waals surface area contributed by atoms with Crippen molar-refractivity contribution in [3.63, 3.8) is 0 Å². The Morgan fingerprint density at radius 3 is 2.64 bits per heavy atom. The number of benzene rings is 1. The van der Waals surface area contributed by atoms with Crippen LogP contribution >= 0.6 is 12.4 Å². The molecule has 2 fully saturated rings. The van der Waals surface area contributed by atoms with Crippen LogP contribution in [0.5, 0.6) is 0 Å². The third kappa shape index (κ3) is 5.73. The molecule has 2 N–H and O–H groups in total. The molecule has 0 bridgehead atoms. The highest BCUT2D eigenvalue weighted by molar-refractivity contribution is 5.96. The van der Waals surface area contributed by atoms with Crippen molar-refractivity contribution in [2.45, 2.75) is 19.1 Å². The highest BCUT2D eigenvalue weighted by atomic mass is 35.5.